The van der Waals surface area contributed by atoms with E-state index in [9.17, 15) is 19.3 Å². The van der Waals surface area contributed by atoms with Gasteiger partial charge in [0.15, 0.2) is 5.82 Å². The third-order valence-electron chi connectivity index (χ3n) is 2.01. The molecule has 0 aliphatic heterocycles. The minimum absolute atomic E-state index is 0.180. The Kier molecular flexibility index (Phi) is 5.46. The highest BCUT2D eigenvalue weighted by Crippen LogP contribution is 2.29. The normalized spacial score (nSPS) is 10.4. The number of hydrogen-bond acceptors (Lipinski definition) is 5. The Morgan fingerprint density at radius 1 is 1.53 bits per heavy atom. The predicted octanol–water partition coefficient (Wildman–Crippen LogP) is 2.23. The van der Waals surface area contributed by atoms with Gasteiger partial charge in [0.1, 0.15) is 6.61 Å². The lowest BCUT2D eigenvalue weighted by Gasteiger charge is -2.04. The number of esters is 1. The zero-order valence-electron chi connectivity index (χ0n) is 10.2. The average Bonchev–Trinajstić information content (AvgIpc) is 2.36. The van der Waals surface area contributed by atoms with Gasteiger partial charge in [0, 0.05) is 12.1 Å². The molecule has 0 unspecified atom stereocenters. The van der Waals surface area contributed by atoms with Gasteiger partial charge in [0.2, 0.25) is 5.75 Å². The van der Waals surface area contributed by atoms with Crippen molar-refractivity contribution in [3.8, 4) is 5.75 Å². The van der Waals surface area contributed by atoms with Crippen LogP contribution in [0.2, 0.25) is 0 Å². The van der Waals surface area contributed by atoms with Crippen LogP contribution < -0.4 is 4.74 Å². The highest BCUT2D eigenvalue weighted by Gasteiger charge is 2.18. The molecule has 0 aliphatic carbocycles. The van der Waals surface area contributed by atoms with E-state index < -0.39 is 28.1 Å². The van der Waals surface area contributed by atoms with E-state index in [4.69, 9.17) is 4.74 Å². The van der Waals surface area contributed by atoms with Crippen molar-refractivity contribution in [2.24, 2.45) is 0 Å². The second kappa shape index (κ2) is 7.10. The molecule has 19 heavy (non-hydrogen) atoms. The number of rotatable bonds is 6. The molecule has 0 N–H and O–H groups in total. The third kappa shape index (κ3) is 4.38. The summed E-state index contributed by atoms with van der Waals surface area (Å²) in [4.78, 5) is 20.9. The number of nitro groups is 1. The fraction of sp³-hybridized carbons (Fsp3) is 0.250. The van der Waals surface area contributed by atoms with E-state index in [1.54, 1.807) is 6.92 Å². The first-order valence-corrected chi connectivity index (χ1v) is 5.45. The van der Waals surface area contributed by atoms with Crippen molar-refractivity contribution >= 4 is 11.7 Å². The van der Waals surface area contributed by atoms with Gasteiger partial charge in [0.25, 0.3) is 0 Å². The summed E-state index contributed by atoms with van der Waals surface area (Å²) in [5.41, 5.74) is -0.468. The van der Waals surface area contributed by atoms with Crippen LogP contribution in [0, 0.1) is 15.9 Å². The Labute approximate surface area is 108 Å². The topological polar surface area (TPSA) is 78.7 Å². The van der Waals surface area contributed by atoms with Crippen molar-refractivity contribution in [1.82, 2.24) is 0 Å². The molecule has 0 radical (unpaired) electrons. The lowest BCUT2D eigenvalue weighted by molar-refractivity contribution is -0.386. The number of ether oxygens (including phenoxy) is 2. The van der Waals surface area contributed by atoms with E-state index in [1.165, 1.54) is 12.1 Å². The van der Waals surface area contributed by atoms with Gasteiger partial charge in [-0.1, -0.05) is 6.07 Å². The fourth-order valence-corrected chi connectivity index (χ4v) is 1.25. The molecule has 0 amide bonds. The molecule has 6 nitrogen and oxygen atoms in total. The summed E-state index contributed by atoms with van der Waals surface area (Å²) in [7, 11) is 0. The van der Waals surface area contributed by atoms with Gasteiger partial charge in [-0.3, -0.25) is 10.1 Å². The summed E-state index contributed by atoms with van der Waals surface area (Å²) in [6.45, 7) is 1.72. The molecule has 0 bridgehead atoms. The number of carbonyl (C=O) groups is 1. The van der Waals surface area contributed by atoms with E-state index in [-0.39, 0.29) is 13.2 Å². The molecular weight excluding hydrogens is 257 g/mol. The first kappa shape index (κ1) is 14.6. The molecule has 0 saturated carbocycles. The minimum Gasteiger partial charge on any atom is -0.481 e. The third-order valence-corrected chi connectivity index (χ3v) is 2.01. The van der Waals surface area contributed by atoms with Crippen LogP contribution in [0.1, 0.15) is 6.92 Å². The summed E-state index contributed by atoms with van der Waals surface area (Å²) in [6, 6.07) is 3.40. The van der Waals surface area contributed by atoms with Crippen LogP contribution in [0.5, 0.6) is 5.75 Å². The van der Waals surface area contributed by atoms with E-state index in [0.717, 1.165) is 18.2 Å². The maximum Gasteiger partial charge on any atom is 0.330 e. The molecular formula is C12H12FNO5. The molecule has 0 saturated heterocycles. The summed E-state index contributed by atoms with van der Waals surface area (Å²) in [5, 5.41) is 10.7. The van der Waals surface area contributed by atoms with Gasteiger partial charge in [-0.2, -0.15) is 0 Å². The number of para-hydroxylation sites is 1. The van der Waals surface area contributed by atoms with Crippen molar-refractivity contribution in [2.75, 3.05) is 13.2 Å². The van der Waals surface area contributed by atoms with Gasteiger partial charge in [-0.05, 0) is 19.1 Å². The summed E-state index contributed by atoms with van der Waals surface area (Å²) in [6.07, 6.45) is 2.39. The van der Waals surface area contributed by atoms with Gasteiger partial charge >= 0.3 is 11.7 Å². The Bertz CT molecular complexity index is 501. The highest BCUT2D eigenvalue weighted by atomic mass is 19.1. The van der Waals surface area contributed by atoms with Crippen LogP contribution in [0.4, 0.5) is 10.1 Å². The Morgan fingerprint density at radius 3 is 2.89 bits per heavy atom. The first-order chi connectivity index (χ1) is 9.06. The Hall–Kier alpha value is -2.44. The van der Waals surface area contributed by atoms with Crippen LogP contribution in [0.15, 0.2) is 30.4 Å². The van der Waals surface area contributed by atoms with Gasteiger partial charge in [-0.25, -0.2) is 9.18 Å². The van der Waals surface area contributed by atoms with Crippen LogP contribution in [0.3, 0.4) is 0 Å². The molecule has 0 fully saturated rings. The molecule has 0 heterocycles. The van der Waals surface area contributed by atoms with Crippen molar-refractivity contribution in [2.45, 2.75) is 6.92 Å². The maximum atomic E-state index is 13.4. The lowest BCUT2D eigenvalue weighted by Crippen LogP contribution is -2.03. The molecule has 102 valence electrons. The average molecular weight is 269 g/mol. The van der Waals surface area contributed by atoms with E-state index in [0.29, 0.717) is 0 Å². The van der Waals surface area contributed by atoms with E-state index in [1.807, 2.05) is 0 Å². The summed E-state index contributed by atoms with van der Waals surface area (Å²) < 4.78 is 22.9. The molecule has 0 aromatic heterocycles. The van der Waals surface area contributed by atoms with Crippen molar-refractivity contribution in [1.29, 1.82) is 0 Å². The van der Waals surface area contributed by atoms with Gasteiger partial charge in [0.05, 0.1) is 11.5 Å². The first-order valence-electron chi connectivity index (χ1n) is 5.45. The van der Waals surface area contributed by atoms with Gasteiger partial charge in [-0.15, -0.1) is 0 Å². The second-order valence-corrected chi connectivity index (χ2v) is 3.31. The molecule has 0 atom stereocenters. The number of benzene rings is 1. The molecule has 1 aromatic carbocycles. The predicted molar refractivity (Wildman–Crippen MR) is 64.3 cm³/mol. The van der Waals surface area contributed by atoms with E-state index >= 15 is 0 Å². The number of halogens is 1. The van der Waals surface area contributed by atoms with Crippen molar-refractivity contribution in [3.05, 3.63) is 46.3 Å². The highest BCUT2D eigenvalue weighted by molar-refractivity contribution is 5.81. The maximum absolute atomic E-state index is 13.4. The van der Waals surface area contributed by atoms with Crippen LogP contribution >= 0.6 is 0 Å². The fourth-order valence-electron chi connectivity index (χ4n) is 1.25. The number of hydrogen-bond donors (Lipinski definition) is 0. The number of carbonyl (C=O) groups excluding carboxylic acids is 1. The summed E-state index contributed by atoms with van der Waals surface area (Å²) in [5.74, 6) is -1.85. The largest absolute Gasteiger partial charge is 0.481 e. The molecule has 0 aliphatic rings. The Balaban J connectivity index is 2.68. The Morgan fingerprint density at radius 2 is 2.26 bits per heavy atom. The number of nitrogens with zero attached hydrogens (tertiary/aromatic N) is 1. The number of nitro benzene ring substituents is 1. The molecule has 0 spiro atoms. The summed E-state index contributed by atoms with van der Waals surface area (Å²) >= 11 is 0. The van der Waals surface area contributed by atoms with Crippen molar-refractivity contribution < 1.29 is 23.6 Å². The van der Waals surface area contributed by atoms with Crippen LogP contribution in [-0.4, -0.2) is 24.1 Å². The molecule has 7 heteroatoms. The molecule has 1 aromatic rings. The minimum atomic E-state index is -0.835. The van der Waals surface area contributed by atoms with Crippen LogP contribution in [-0.2, 0) is 9.53 Å². The quantitative estimate of drug-likeness (QED) is 0.342. The van der Waals surface area contributed by atoms with Crippen LogP contribution in [0.25, 0.3) is 0 Å². The smallest absolute Gasteiger partial charge is 0.330 e. The van der Waals surface area contributed by atoms with Gasteiger partial charge < -0.3 is 9.47 Å². The SMILES string of the molecule is CCOC(=O)/C=C/COc1c(F)cccc1[N+](=O)[O-]. The molecule has 1 rings (SSSR count). The standard InChI is InChI=1S/C12H12FNO5/c1-2-18-11(15)7-4-8-19-12-9(13)5-3-6-10(12)14(16)17/h3-7H,2,8H2,1H3/b7-4+. The zero-order chi connectivity index (χ0) is 14.3. The second-order valence-electron chi connectivity index (χ2n) is 3.31. The zero-order valence-corrected chi connectivity index (χ0v) is 10.2. The van der Waals surface area contributed by atoms with E-state index in [2.05, 4.69) is 4.74 Å². The monoisotopic (exact) mass is 269 g/mol. The van der Waals surface area contributed by atoms with Crippen molar-refractivity contribution in [3.63, 3.8) is 0 Å². The lowest BCUT2D eigenvalue weighted by atomic mass is 10.3.